The highest BCUT2D eigenvalue weighted by Gasteiger charge is 2.44. The lowest BCUT2D eigenvalue weighted by molar-refractivity contribution is -0.142. The minimum atomic E-state index is -1.86. The lowest BCUT2D eigenvalue weighted by Gasteiger charge is -2.44. The zero-order valence-corrected chi connectivity index (χ0v) is 24.4. The summed E-state index contributed by atoms with van der Waals surface area (Å²) in [5.41, 5.74) is -1.61. The Morgan fingerprint density at radius 3 is 2.48 bits per heavy atom. The summed E-state index contributed by atoms with van der Waals surface area (Å²) in [5.74, 6) is -2.76. The van der Waals surface area contributed by atoms with Crippen molar-refractivity contribution < 1.29 is 33.0 Å². The minimum absolute atomic E-state index is 0.00873. The van der Waals surface area contributed by atoms with Crippen LogP contribution >= 0.6 is 0 Å². The Balaban J connectivity index is 1.69. The van der Waals surface area contributed by atoms with Gasteiger partial charge in [0.15, 0.2) is 0 Å². The molecule has 1 heterocycles. The number of piperidine rings is 1. The summed E-state index contributed by atoms with van der Waals surface area (Å²) in [6, 6.07) is 5.94. The van der Waals surface area contributed by atoms with E-state index < -0.39 is 35.1 Å². The van der Waals surface area contributed by atoms with E-state index in [1.54, 1.807) is 17.9 Å². The van der Waals surface area contributed by atoms with E-state index in [2.05, 4.69) is 10.6 Å². The largest absolute Gasteiger partial charge is 0.465 e. The van der Waals surface area contributed by atoms with Crippen molar-refractivity contribution in [3.63, 3.8) is 0 Å². The van der Waals surface area contributed by atoms with Crippen LogP contribution in [-0.2, 0) is 10.4 Å². The molecule has 4 N–H and O–H groups in total. The summed E-state index contributed by atoms with van der Waals surface area (Å²) in [6.07, 6.45) is 3.48. The van der Waals surface area contributed by atoms with Crippen LogP contribution in [0.4, 0.5) is 18.0 Å². The Bertz CT molecular complexity index is 1270. The number of carbonyl (C=O) groups is 2. The third-order valence-corrected chi connectivity index (χ3v) is 9.02. The quantitative estimate of drug-likeness (QED) is 0.271. The molecular formula is C32H42F3N3O4. The zero-order chi connectivity index (χ0) is 30.4. The first-order valence-electron chi connectivity index (χ1n) is 14.9. The third kappa shape index (κ3) is 7.26. The van der Waals surface area contributed by atoms with Crippen molar-refractivity contribution in [3.05, 3.63) is 58.9 Å². The number of hydrogen-bond donors (Lipinski definition) is 4. The molecule has 4 rings (SSSR count). The standard InChI is InChI=1S/C32H42F3N3O4/c1-20-6-11-27(34)25(15-20)29-26(16-24(33)17-28(29)35)32(42,12-4-13-37-31(40)41)23-5-3-14-38(19-23)30(39)22-9-7-21(8-10-22)18-36-2/h6,11,15-17,21-23,36-37,42H,3-5,7-10,12-14,18-19H2,1-2H3,(H,40,41)/t21-,22-,23?,32?. The van der Waals surface area contributed by atoms with Crippen LogP contribution in [0, 0.1) is 42.1 Å². The number of amides is 2. The van der Waals surface area contributed by atoms with Gasteiger partial charge < -0.3 is 25.7 Å². The van der Waals surface area contributed by atoms with E-state index in [9.17, 15) is 19.1 Å². The molecule has 42 heavy (non-hydrogen) atoms. The number of benzene rings is 2. The molecular weight excluding hydrogens is 547 g/mol. The van der Waals surface area contributed by atoms with E-state index in [-0.39, 0.29) is 54.4 Å². The van der Waals surface area contributed by atoms with E-state index in [0.717, 1.165) is 38.3 Å². The number of halogens is 3. The molecule has 0 radical (unpaired) electrons. The molecule has 10 heteroatoms. The highest BCUT2D eigenvalue weighted by atomic mass is 19.1. The van der Waals surface area contributed by atoms with E-state index in [4.69, 9.17) is 5.11 Å². The van der Waals surface area contributed by atoms with Gasteiger partial charge in [-0.05, 0) is 102 Å². The lowest BCUT2D eigenvalue weighted by Crippen LogP contribution is -2.50. The molecule has 230 valence electrons. The Morgan fingerprint density at radius 1 is 1.05 bits per heavy atom. The Kier molecular flexibility index (Phi) is 10.5. The monoisotopic (exact) mass is 589 g/mol. The average molecular weight is 590 g/mol. The number of nitrogens with one attached hydrogen (secondary N) is 2. The van der Waals surface area contributed by atoms with Crippen molar-refractivity contribution in [2.24, 2.45) is 17.8 Å². The van der Waals surface area contributed by atoms with Crippen molar-refractivity contribution >= 4 is 12.0 Å². The molecule has 0 aromatic heterocycles. The van der Waals surface area contributed by atoms with E-state index in [1.807, 2.05) is 7.05 Å². The summed E-state index contributed by atoms with van der Waals surface area (Å²) >= 11 is 0. The van der Waals surface area contributed by atoms with Crippen LogP contribution in [0.15, 0.2) is 30.3 Å². The van der Waals surface area contributed by atoms with Gasteiger partial charge in [-0.15, -0.1) is 0 Å². The van der Waals surface area contributed by atoms with Gasteiger partial charge in [-0.3, -0.25) is 4.79 Å². The predicted octanol–water partition coefficient (Wildman–Crippen LogP) is 5.58. The average Bonchev–Trinajstić information content (AvgIpc) is 2.96. The molecule has 2 aliphatic rings. The van der Waals surface area contributed by atoms with Crippen LogP contribution in [0.2, 0.25) is 0 Å². The Hall–Kier alpha value is -3.11. The van der Waals surface area contributed by atoms with E-state index in [0.29, 0.717) is 36.9 Å². The highest BCUT2D eigenvalue weighted by molar-refractivity contribution is 5.79. The number of aliphatic hydroxyl groups is 1. The molecule has 1 saturated heterocycles. The molecule has 2 amide bonds. The molecule has 1 saturated carbocycles. The number of nitrogens with zero attached hydrogens (tertiary/aromatic N) is 1. The topological polar surface area (TPSA) is 102 Å². The third-order valence-electron chi connectivity index (χ3n) is 9.02. The summed E-state index contributed by atoms with van der Waals surface area (Å²) in [4.78, 5) is 26.4. The number of hydrogen-bond acceptors (Lipinski definition) is 4. The zero-order valence-electron chi connectivity index (χ0n) is 24.4. The van der Waals surface area contributed by atoms with Gasteiger partial charge in [-0.2, -0.15) is 0 Å². The van der Waals surface area contributed by atoms with Crippen molar-refractivity contribution in [2.45, 2.75) is 63.9 Å². The summed E-state index contributed by atoms with van der Waals surface area (Å²) in [6.45, 7) is 3.37. The maximum Gasteiger partial charge on any atom is 0.404 e. The van der Waals surface area contributed by atoms with Gasteiger partial charge in [0.05, 0.1) is 5.60 Å². The molecule has 0 bridgehead atoms. The van der Waals surface area contributed by atoms with E-state index in [1.165, 1.54) is 12.1 Å². The number of aryl methyl sites for hydroxylation is 1. The van der Waals surface area contributed by atoms with Crippen LogP contribution in [0.25, 0.3) is 11.1 Å². The van der Waals surface area contributed by atoms with Crippen molar-refractivity contribution in [2.75, 3.05) is 33.2 Å². The van der Waals surface area contributed by atoms with Gasteiger partial charge in [0, 0.05) is 48.7 Å². The molecule has 2 aromatic rings. The summed E-state index contributed by atoms with van der Waals surface area (Å²) < 4.78 is 45.5. The number of carbonyl (C=O) groups excluding carboxylic acids is 1. The molecule has 7 nitrogen and oxygen atoms in total. The Labute approximate surface area is 245 Å². The van der Waals surface area contributed by atoms with Crippen LogP contribution in [0.5, 0.6) is 0 Å². The number of rotatable bonds is 10. The highest BCUT2D eigenvalue weighted by Crippen LogP contribution is 2.45. The lowest BCUT2D eigenvalue weighted by atomic mass is 9.71. The van der Waals surface area contributed by atoms with Crippen LogP contribution in [0.1, 0.15) is 62.5 Å². The molecule has 2 atom stereocenters. The Morgan fingerprint density at radius 2 is 1.79 bits per heavy atom. The maximum absolute atomic E-state index is 15.6. The van der Waals surface area contributed by atoms with Crippen LogP contribution in [-0.4, -0.2) is 60.3 Å². The second-order valence-electron chi connectivity index (χ2n) is 12.0. The fourth-order valence-corrected chi connectivity index (χ4v) is 6.86. The summed E-state index contributed by atoms with van der Waals surface area (Å²) in [7, 11) is 1.92. The van der Waals surface area contributed by atoms with Gasteiger partial charge in [0.1, 0.15) is 17.5 Å². The van der Waals surface area contributed by atoms with E-state index >= 15 is 8.78 Å². The van der Waals surface area contributed by atoms with Crippen molar-refractivity contribution in [1.82, 2.24) is 15.5 Å². The normalized spacial score (nSPS) is 22.4. The summed E-state index contributed by atoms with van der Waals surface area (Å²) in [5, 5.41) is 27.0. The first-order valence-corrected chi connectivity index (χ1v) is 14.9. The van der Waals surface area contributed by atoms with Crippen LogP contribution < -0.4 is 10.6 Å². The van der Waals surface area contributed by atoms with Crippen molar-refractivity contribution in [1.29, 1.82) is 0 Å². The van der Waals surface area contributed by atoms with Gasteiger partial charge in [0.25, 0.3) is 0 Å². The fourth-order valence-electron chi connectivity index (χ4n) is 6.86. The SMILES string of the molecule is CNC[C@H]1CC[C@H](C(=O)N2CCCC(C(O)(CCCNC(=O)O)c3cc(F)cc(F)c3-c3cc(C)ccc3F)C2)CC1. The minimum Gasteiger partial charge on any atom is -0.465 e. The second-order valence-corrected chi connectivity index (χ2v) is 12.0. The van der Waals surface area contributed by atoms with Crippen LogP contribution in [0.3, 0.4) is 0 Å². The molecule has 2 unspecified atom stereocenters. The van der Waals surface area contributed by atoms with Gasteiger partial charge >= 0.3 is 6.09 Å². The number of likely N-dealkylation sites (tertiary alicyclic amines) is 1. The van der Waals surface area contributed by atoms with Gasteiger partial charge in [-0.1, -0.05) is 11.6 Å². The maximum atomic E-state index is 15.6. The molecule has 1 aliphatic carbocycles. The van der Waals surface area contributed by atoms with Gasteiger partial charge in [-0.25, -0.2) is 18.0 Å². The second kappa shape index (κ2) is 13.9. The molecule has 2 aromatic carbocycles. The van der Waals surface area contributed by atoms with Gasteiger partial charge in [0.2, 0.25) is 5.91 Å². The number of carboxylic acid groups (broad SMARTS) is 1. The fraction of sp³-hybridized carbons (Fsp3) is 0.562. The molecule has 1 aliphatic heterocycles. The molecule has 0 spiro atoms. The smallest absolute Gasteiger partial charge is 0.404 e. The first kappa shape index (κ1) is 31.8. The first-order chi connectivity index (χ1) is 20.0. The predicted molar refractivity (Wildman–Crippen MR) is 154 cm³/mol. The molecule has 2 fully saturated rings. The van der Waals surface area contributed by atoms with Crippen molar-refractivity contribution in [3.8, 4) is 11.1 Å².